The number of ether oxygens (including phenoxy) is 1. The van der Waals surface area contributed by atoms with Crippen LogP contribution in [0.1, 0.15) is 31.9 Å². The highest BCUT2D eigenvalue weighted by Crippen LogP contribution is 2.32. The molecule has 0 amide bonds. The predicted molar refractivity (Wildman–Crippen MR) is 81.9 cm³/mol. The van der Waals surface area contributed by atoms with Gasteiger partial charge in [0.25, 0.3) is 0 Å². The highest BCUT2D eigenvalue weighted by atomic mass is 79.9. The molecule has 0 aliphatic rings. The van der Waals surface area contributed by atoms with Crippen molar-refractivity contribution in [3.05, 3.63) is 52.3 Å². The van der Waals surface area contributed by atoms with E-state index >= 15 is 0 Å². The minimum absolute atomic E-state index is 0.153. The normalized spacial score (nSPS) is 11.4. The zero-order chi connectivity index (χ0) is 14.0. The van der Waals surface area contributed by atoms with Gasteiger partial charge in [-0.05, 0) is 45.5 Å². The molecule has 1 aromatic heterocycles. The van der Waals surface area contributed by atoms with Gasteiger partial charge in [0.15, 0.2) is 0 Å². The van der Waals surface area contributed by atoms with Gasteiger partial charge >= 0.3 is 0 Å². The molecule has 0 atom stereocenters. The summed E-state index contributed by atoms with van der Waals surface area (Å²) in [5.41, 5.74) is 2.60. The van der Waals surface area contributed by atoms with Gasteiger partial charge in [0, 0.05) is 18.5 Å². The van der Waals surface area contributed by atoms with Crippen LogP contribution in [0.25, 0.3) is 0 Å². The number of aromatic nitrogens is 1. The van der Waals surface area contributed by atoms with Gasteiger partial charge in [0.2, 0.25) is 0 Å². The summed E-state index contributed by atoms with van der Waals surface area (Å²) in [6.45, 7) is 8.70. The van der Waals surface area contributed by atoms with E-state index in [2.05, 4.69) is 60.7 Å². The summed E-state index contributed by atoms with van der Waals surface area (Å²) in [6, 6.07) is 8.19. The van der Waals surface area contributed by atoms with E-state index in [9.17, 15) is 0 Å². The molecule has 2 rings (SSSR count). The average molecular weight is 320 g/mol. The van der Waals surface area contributed by atoms with Gasteiger partial charge in [0.05, 0.1) is 4.47 Å². The number of pyridine rings is 1. The quantitative estimate of drug-likeness (QED) is 0.754. The van der Waals surface area contributed by atoms with Crippen molar-refractivity contribution in [2.75, 3.05) is 0 Å². The highest BCUT2D eigenvalue weighted by Gasteiger charge is 2.15. The number of hydrogen-bond donors (Lipinski definition) is 0. The van der Waals surface area contributed by atoms with Crippen LogP contribution in [-0.4, -0.2) is 4.98 Å². The molecule has 0 spiro atoms. The Bertz CT molecular complexity index is 588. The van der Waals surface area contributed by atoms with Crippen LogP contribution in [-0.2, 0) is 5.41 Å². The average Bonchev–Trinajstić information content (AvgIpc) is 2.33. The zero-order valence-electron chi connectivity index (χ0n) is 11.7. The van der Waals surface area contributed by atoms with E-state index in [0.29, 0.717) is 0 Å². The van der Waals surface area contributed by atoms with Crippen LogP contribution >= 0.6 is 15.9 Å². The molecule has 0 saturated carbocycles. The van der Waals surface area contributed by atoms with Crippen molar-refractivity contribution >= 4 is 15.9 Å². The molecular formula is C16H18BrNO. The maximum absolute atomic E-state index is 5.92. The third kappa shape index (κ3) is 3.35. The van der Waals surface area contributed by atoms with Gasteiger partial charge in [-0.3, -0.25) is 4.98 Å². The van der Waals surface area contributed by atoms with Crippen molar-refractivity contribution in [3.63, 3.8) is 0 Å². The van der Waals surface area contributed by atoms with Gasteiger partial charge in [-0.1, -0.05) is 32.9 Å². The molecular weight excluding hydrogens is 302 g/mol. The third-order valence-electron chi connectivity index (χ3n) is 3.00. The Labute approximate surface area is 123 Å². The van der Waals surface area contributed by atoms with E-state index in [4.69, 9.17) is 4.74 Å². The Kier molecular flexibility index (Phi) is 3.95. The van der Waals surface area contributed by atoms with E-state index in [1.54, 1.807) is 12.4 Å². The standard InChI is InChI=1S/C16H18BrNO/c1-11-9-12(16(2,3)4)5-6-14(11)19-15-7-8-18-10-13(15)17/h5-10H,1-4H3. The molecule has 19 heavy (non-hydrogen) atoms. The number of hydrogen-bond acceptors (Lipinski definition) is 2. The van der Waals surface area contributed by atoms with Gasteiger partial charge in [-0.15, -0.1) is 0 Å². The number of aryl methyl sites for hydroxylation is 1. The minimum atomic E-state index is 0.153. The lowest BCUT2D eigenvalue weighted by atomic mass is 9.86. The van der Waals surface area contributed by atoms with Crippen LogP contribution in [0.3, 0.4) is 0 Å². The summed E-state index contributed by atoms with van der Waals surface area (Å²) < 4.78 is 6.78. The Morgan fingerprint density at radius 2 is 1.84 bits per heavy atom. The fourth-order valence-electron chi connectivity index (χ4n) is 1.79. The van der Waals surface area contributed by atoms with Crippen LogP contribution in [0.15, 0.2) is 41.1 Å². The molecule has 0 fully saturated rings. The number of halogens is 1. The first-order valence-electron chi connectivity index (χ1n) is 6.26. The van der Waals surface area contributed by atoms with Crippen molar-refractivity contribution < 1.29 is 4.74 Å². The topological polar surface area (TPSA) is 22.1 Å². The summed E-state index contributed by atoms with van der Waals surface area (Å²) in [7, 11) is 0. The monoisotopic (exact) mass is 319 g/mol. The maximum Gasteiger partial charge on any atom is 0.144 e. The summed E-state index contributed by atoms with van der Waals surface area (Å²) in [6.07, 6.45) is 3.45. The predicted octanol–water partition coefficient (Wildman–Crippen LogP) is 5.24. The summed E-state index contributed by atoms with van der Waals surface area (Å²) >= 11 is 3.44. The van der Waals surface area contributed by atoms with Crippen LogP contribution in [0.4, 0.5) is 0 Å². The number of nitrogens with zero attached hydrogens (tertiary/aromatic N) is 1. The SMILES string of the molecule is Cc1cc(C(C)(C)C)ccc1Oc1ccncc1Br. The van der Waals surface area contributed by atoms with Gasteiger partial charge in [0.1, 0.15) is 11.5 Å². The van der Waals surface area contributed by atoms with Crippen molar-refractivity contribution in [2.45, 2.75) is 33.1 Å². The lowest BCUT2D eigenvalue weighted by Gasteiger charge is -2.20. The second-order valence-corrected chi connectivity index (χ2v) is 6.49. The zero-order valence-corrected chi connectivity index (χ0v) is 13.3. The van der Waals surface area contributed by atoms with E-state index in [1.807, 2.05) is 12.1 Å². The minimum Gasteiger partial charge on any atom is -0.456 e. The van der Waals surface area contributed by atoms with Gasteiger partial charge < -0.3 is 4.74 Å². The molecule has 2 nitrogen and oxygen atoms in total. The molecule has 0 bridgehead atoms. The summed E-state index contributed by atoms with van der Waals surface area (Å²) in [5, 5.41) is 0. The van der Waals surface area contributed by atoms with Crippen LogP contribution < -0.4 is 4.74 Å². The Morgan fingerprint density at radius 1 is 1.11 bits per heavy atom. The second-order valence-electron chi connectivity index (χ2n) is 5.64. The molecule has 0 aliphatic carbocycles. The van der Waals surface area contributed by atoms with Crippen LogP contribution in [0.2, 0.25) is 0 Å². The summed E-state index contributed by atoms with van der Waals surface area (Å²) in [5.74, 6) is 1.65. The molecule has 0 radical (unpaired) electrons. The van der Waals surface area contributed by atoms with E-state index in [0.717, 1.165) is 21.5 Å². The number of rotatable bonds is 2. The third-order valence-corrected chi connectivity index (χ3v) is 3.59. The van der Waals surface area contributed by atoms with Crippen LogP contribution in [0.5, 0.6) is 11.5 Å². The lowest BCUT2D eigenvalue weighted by Crippen LogP contribution is -2.11. The maximum atomic E-state index is 5.92. The smallest absolute Gasteiger partial charge is 0.144 e. The first-order chi connectivity index (χ1) is 8.88. The van der Waals surface area contributed by atoms with Crippen molar-refractivity contribution in [3.8, 4) is 11.5 Å². The first kappa shape index (κ1) is 14.1. The molecule has 0 unspecified atom stereocenters. The fourth-order valence-corrected chi connectivity index (χ4v) is 2.13. The Hall–Kier alpha value is -1.35. The molecule has 2 aromatic rings. The van der Waals surface area contributed by atoms with E-state index in [1.165, 1.54) is 5.56 Å². The molecule has 100 valence electrons. The molecule has 1 aromatic carbocycles. The van der Waals surface area contributed by atoms with E-state index in [-0.39, 0.29) is 5.41 Å². The van der Waals surface area contributed by atoms with Gasteiger partial charge in [-0.25, -0.2) is 0 Å². The molecule has 3 heteroatoms. The highest BCUT2D eigenvalue weighted by molar-refractivity contribution is 9.10. The van der Waals surface area contributed by atoms with Crippen molar-refractivity contribution in [2.24, 2.45) is 0 Å². The van der Waals surface area contributed by atoms with Crippen molar-refractivity contribution in [1.29, 1.82) is 0 Å². The second kappa shape index (κ2) is 5.33. The molecule has 1 heterocycles. The first-order valence-corrected chi connectivity index (χ1v) is 7.06. The molecule has 0 aliphatic heterocycles. The molecule has 0 N–H and O–H groups in total. The number of benzene rings is 1. The van der Waals surface area contributed by atoms with E-state index < -0.39 is 0 Å². The largest absolute Gasteiger partial charge is 0.456 e. The summed E-state index contributed by atoms with van der Waals surface area (Å²) in [4.78, 5) is 4.03. The lowest BCUT2D eigenvalue weighted by molar-refractivity contribution is 0.473. The van der Waals surface area contributed by atoms with Gasteiger partial charge in [-0.2, -0.15) is 0 Å². The molecule has 0 saturated heterocycles. The fraction of sp³-hybridized carbons (Fsp3) is 0.312. The van der Waals surface area contributed by atoms with Crippen LogP contribution in [0, 0.1) is 6.92 Å². The van der Waals surface area contributed by atoms with Crippen molar-refractivity contribution in [1.82, 2.24) is 4.98 Å². The Balaban J connectivity index is 2.30. The Morgan fingerprint density at radius 3 is 2.42 bits per heavy atom.